The molecule has 2 N–H and O–H groups in total. The third-order valence-corrected chi connectivity index (χ3v) is 5.77. The standard InChI is InChI=1S/C22H20O7/c1-10(8-23)16-6-13-15(28-16)4-3-11-21(25)20-12-5-18(26-2)14(24)7-17(12)27-9-19(20)29-22(11)13/h3-5,7,16,19-20,23-24H,1,6,8-9H2,2H3/t16-,19-,20-/m1/s1. The van der Waals surface area contributed by atoms with Gasteiger partial charge in [-0.05, 0) is 23.8 Å². The first kappa shape index (κ1) is 17.9. The van der Waals surface area contributed by atoms with Crippen molar-refractivity contribution in [3.05, 3.63) is 53.1 Å². The molecular weight excluding hydrogens is 376 g/mol. The summed E-state index contributed by atoms with van der Waals surface area (Å²) in [6.45, 7) is 3.87. The Labute approximate surface area is 167 Å². The Balaban J connectivity index is 1.56. The maximum Gasteiger partial charge on any atom is 0.178 e. The van der Waals surface area contributed by atoms with Gasteiger partial charge in [0, 0.05) is 23.6 Å². The number of hydrogen-bond acceptors (Lipinski definition) is 7. The molecule has 0 saturated heterocycles. The predicted octanol–water partition coefficient (Wildman–Crippen LogP) is 2.37. The molecule has 0 aliphatic carbocycles. The lowest BCUT2D eigenvalue weighted by molar-refractivity contribution is 0.0554. The third kappa shape index (κ3) is 2.57. The molecule has 0 radical (unpaired) electrons. The number of aromatic hydroxyl groups is 1. The molecule has 7 nitrogen and oxygen atoms in total. The molecular formula is C22H20O7. The molecule has 3 atom stereocenters. The van der Waals surface area contributed by atoms with E-state index in [9.17, 15) is 15.0 Å². The van der Waals surface area contributed by atoms with Gasteiger partial charge in [0.15, 0.2) is 17.3 Å². The molecule has 29 heavy (non-hydrogen) atoms. The second-order valence-electron chi connectivity index (χ2n) is 7.42. The molecule has 0 saturated carbocycles. The van der Waals surface area contributed by atoms with E-state index in [-0.39, 0.29) is 36.6 Å². The average Bonchev–Trinajstić information content (AvgIpc) is 3.17. The average molecular weight is 396 g/mol. The largest absolute Gasteiger partial charge is 0.504 e. The fraction of sp³-hybridized carbons (Fsp3) is 0.318. The molecule has 0 amide bonds. The Hall–Kier alpha value is -3.19. The lowest BCUT2D eigenvalue weighted by atomic mass is 9.81. The number of aliphatic hydroxyl groups excluding tert-OH is 1. The normalized spacial score (nSPS) is 23.5. The molecule has 3 heterocycles. The molecule has 0 unspecified atom stereocenters. The summed E-state index contributed by atoms with van der Waals surface area (Å²) < 4.78 is 23.1. The van der Waals surface area contributed by atoms with E-state index in [0.717, 1.165) is 5.56 Å². The fourth-order valence-corrected chi connectivity index (χ4v) is 4.25. The van der Waals surface area contributed by atoms with Gasteiger partial charge in [-0.25, -0.2) is 0 Å². The number of carbonyl (C=O) groups is 1. The van der Waals surface area contributed by atoms with Gasteiger partial charge in [0.1, 0.15) is 36.1 Å². The zero-order valence-corrected chi connectivity index (χ0v) is 15.8. The number of benzene rings is 2. The van der Waals surface area contributed by atoms with Crippen molar-refractivity contribution < 1.29 is 34.0 Å². The molecule has 7 heteroatoms. The van der Waals surface area contributed by atoms with E-state index in [4.69, 9.17) is 18.9 Å². The van der Waals surface area contributed by atoms with Gasteiger partial charge in [0.2, 0.25) is 0 Å². The second-order valence-corrected chi connectivity index (χ2v) is 7.42. The highest BCUT2D eigenvalue weighted by Crippen LogP contribution is 2.49. The number of phenolic OH excluding ortho intramolecular Hbond substituents is 1. The minimum Gasteiger partial charge on any atom is -0.504 e. The zero-order valence-electron chi connectivity index (χ0n) is 15.8. The number of Topliss-reactive ketones (excluding diaryl/α,β-unsaturated/α-hetero) is 1. The van der Waals surface area contributed by atoms with Gasteiger partial charge in [-0.1, -0.05) is 6.58 Å². The number of fused-ring (bicyclic) bond motifs is 6. The molecule has 2 aromatic carbocycles. The maximum absolute atomic E-state index is 13.4. The van der Waals surface area contributed by atoms with Gasteiger partial charge in [-0.15, -0.1) is 0 Å². The predicted molar refractivity (Wildman–Crippen MR) is 102 cm³/mol. The maximum atomic E-state index is 13.4. The van der Waals surface area contributed by atoms with E-state index in [0.29, 0.717) is 40.4 Å². The molecule has 0 bridgehead atoms. The highest BCUT2D eigenvalue weighted by Gasteiger charge is 2.45. The highest BCUT2D eigenvalue weighted by atomic mass is 16.5. The third-order valence-electron chi connectivity index (χ3n) is 5.77. The van der Waals surface area contributed by atoms with Crippen LogP contribution in [0.4, 0.5) is 0 Å². The van der Waals surface area contributed by atoms with Crippen LogP contribution in [0.5, 0.6) is 28.7 Å². The van der Waals surface area contributed by atoms with Crippen LogP contribution in [0.25, 0.3) is 0 Å². The van der Waals surface area contributed by atoms with Gasteiger partial charge in [0.25, 0.3) is 0 Å². The Morgan fingerprint density at radius 3 is 2.86 bits per heavy atom. The van der Waals surface area contributed by atoms with Crippen molar-refractivity contribution in [3.63, 3.8) is 0 Å². The summed E-state index contributed by atoms with van der Waals surface area (Å²) in [6, 6.07) is 6.57. The van der Waals surface area contributed by atoms with Crippen molar-refractivity contribution in [3.8, 4) is 28.7 Å². The monoisotopic (exact) mass is 396 g/mol. The number of carbonyl (C=O) groups excluding carboxylic acids is 1. The first-order valence-corrected chi connectivity index (χ1v) is 9.37. The first-order valence-electron chi connectivity index (χ1n) is 9.37. The second kappa shape index (κ2) is 6.42. The van der Waals surface area contributed by atoms with Crippen molar-refractivity contribution in [2.75, 3.05) is 20.3 Å². The van der Waals surface area contributed by atoms with E-state index >= 15 is 0 Å². The van der Waals surface area contributed by atoms with Crippen molar-refractivity contribution in [1.82, 2.24) is 0 Å². The zero-order chi connectivity index (χ0) is 20.3. The van der Waals surface area contributed by atoms with Gasteiger partial charge in [0.05, 0.1) is 25.2 Å². The number of ether oxygens (including phenoxy) is 4. The molecule has 3 aliphatic heterocycles. The van der Waals surface area contributed by atoms with E-state index < -0.39 is 12.0 Å². The molecule has 0 spiro atoms. The molecule has 0 aromatic heterocycles. The number of hydrogen-bond donors (Lipinski definition) is 2. The quantitative estimate of drug-likeness (QED) is 0.769. The van der Waals surface area contributed by atoms with Crippen LogP contribution in [0, 0.1) is 0 Å². The van der Waals surface area contributed by atoms with Crippen molar-refractivity contribution in [1.29, 1.82) is 0 Å². The van der Waals surface area contributed by atoms with Crippen LogP contribution in [-0.4, -0.2) is 48.5 Å². The smallest absolute Gasteiger partial charge is 0.178 e. The lowest BCUT2D eigenvalue weighted by Gasteiger charge is -2.37. The Morgan fingerprint density at radius 1 is 1.28 bits per heavy atom. The lowest BCUT2D eigenvalue weighted by Crippen LogP contribution is -2.43. The van der Waals surface area contributed by atoms with Crippen LogP contribution in [0.3, 0.4) is 0 Å². The van der Waals surface area contributed by atoms with Gasteiger partial charge < -0.3 is 29.2 Å². The van der Waals surface area contributed by atoms with Crippen LogP contribution in [0.1, 0.15) is 27.4 Å². The summed E-state index contributed by atoms with van der Waals surface area (Å²) in [6.07, 6.45) is -0.348. The highest BCUT2D eigenvalue weighted by molar-refractivity contribution is 6.06. The van der Waals surface area contributed by atoms with Crippen LogP contribution in [-0.2, 0) is 6.42 Å². The summed E-state index contributed by atoms with van der Waals surface area (Å²) >= 11 is 0. The van der Waals surface area contributed by atoms with Crippen LogP contribution >= 0.6 is 0 Å². The van der Waals surface area contributed by atoms with Crippen molar-refractivity contribution in [2.45, 2.75) is 24.5 Å². The molecule has 0 fully saturated rings. The molecule has 3 aliphatic rings. The van der Waals surface area contributed by atoms with E-state index in [1.54, 1.807) is 18.2 Å². The SMILES string of the molecule is C=C(CO)[C@H]1Cc2c(ccc3c2O[C@@H]2COc4cc(O)c(OC)cc4[C@H]2C3=O)O1. The number of methoxy groups -OCH3 is 1. The summed E-state index contributed by atoms with van der Waals surface area (Å²) in [5, 5.41) is 19.4. The van der Waals surface area contributed by atoms with E-state index in [2.05, 4.69) is 6.58 Å². The van der Waals surface area contributed by atoms with Gasteiger partial charge in [-0.2, -0.15) is 0 Å². The Kier molecular flexibility index (Phi) is 3.96. The van der Waals surface area contributed by atoms with Crippen LogP contribution in [0.2, 0.25) is 0 Å². The fourth-order valence-electron chi connectivity index (χ4n) is 4.25. The van der Waals surface area contributed by atoms with Crippen molar-refractivity contribution in [2.24, 2.45) is 0 Å². The topological polar surface area (TPSA) is 94.5 Å². The van der Waals surface area contributed by atoms with Crippen molar-refractivity contribution >= 4 is 5.78 Å². The van der Waals surface area contributed by atoms with Gasteiger partial charge >= 0.3 is 0 Å². The van der Waals surface area contributed by atoms with Gasteiger partial charge in [-0.3, -0.25) is 4.79 Å². The number of rotatable bonds is 3. The summed E-state index contributed by atoms with van der Waals surface area (Å²) in [4.78, 5) is 13.4. The van der Waals surface area contributed by atoms with E-state index in [1.165, 1.54) is 13.2 Å². The molecule has 2 aromatic rings. The number of aliphatic hydroxyl groups is 1. The van der Waals surface area contributed by atoms with Crippen LogP contribution in [0.15, 0.2) is 36.4 Å². The number of phenols is 1. The Bertz CT molecular complexity index is 1040. The number of ketones is 1. The molecule has 150 valence electrons. The molecule has 5 rings (SSSR count). The minimum atomic E-state index is -0.552. The van der Waals surface area contributed by atoms with E-state index in [1.807, 2.05) is 0 Å². The Morgan fingerprint density at radius 2 is 2.10 bits per heavy atom. The first-order chi connectivity index (χ1) is 14.0. The van der Waals surface area contributed by atoms with Crippen LogP contribution < -0.4 is 18.9 Å². The summed E-state index contributed by atoms with van der Waals surface area (Å²) in [5.41, 5.74) is 2.51. The minimum absolute atomic E-state index is 0.0422. The summed E-state index contributed by atoms with van der Waals surface area (Å²) in [7, 11) is 1.46. The summed E-state index contributed by atoms with van der Waals surface area (Å²) in [5.74, 6) is 1.22.